The van der Waals surface area contributed by atoms with Crippen molar-refractivity contribution in [3.8, 4) is 17.3 Å². The number of aryl methyl sites for hydroxylation is 3. The van der Waals surface area contributed by atoms with E-state index in [0.717, 1.165) is 22.4 Å². The quantitative estimate of drug-likeness (QED) is 0.676. The molecule has 0 bridgehead atoms. The summed E-state index contributed by atoms with van der Waals surface area (Å²) in [6.07, 6.45) is 0.135. The Hall–Kier alpha value is -3.20. The number of carbonyl (C=O) groups excluding carboxylic acids is 1. The van der Waals surface area contributed by atoms with E-state index in [0.29, 0.717) is 29.2 Å². The number of ether oxygens (including phenoxy) is 1. The van der Waals surface area contributed by atoms with Gasteiger partial charge in [0.25, 0.3) is 0 Å². The minimum absolute atomic E-state index is 0.135. The van der Waals surface area contributed by atoms with E-state index in [1.165, 1.54) is 0 Å². The second kappa shape index (κ2) is 6.96. The number of nitrogens with zero attached hydrogens (tertiary/aromatic N) is 4. The number of hydrogen-bond donors (Lipinski definition) is 0. The summed E-state index contributed by atoms with van der Waals surface area (Å²) in [6.45, 7) is 7.84. The van der Waals surface area contributed by atoms with Crippen molar-refractivity contribution in [3.05, 3.63) is 52.3 Å². The van der Waals surface area contributed by atoms with Gasteiger partial charge in [-0.05, 0) is 27.7 Å². The van der Waals surface area contributed by atoms with Crippen LogP contribution >= 0.6 is 0 Å². The first-order valence-electron chi connectivity index (χ1n) is 8.47. The van der Waals surface area contributed by atoms with Crippen molar-refractivity contribution in [1.82, 2.24) is 14.6 Å². The van der Waals surface area contributed by atoms with E-state index in [2.05, 4.69) is 16.2 Å². The monoisotopic (exact) mass is 348 g/mol. The zero-order chi connectivity index (χ0) is 18.8. The van der Waals surface area contributed by atoms with E-state index < -0.39 is 0 Å². The van der Waals surface area contributed by atoms with Gasteiger partial charge in [0.1, 0.15) is 17.3 Å². The summed E-state index contributed by atoms with van der Waals surface area (Å²) in [5, 5.41) is 14.3. The summed E-state index contributed by atoms with van der Waals surface area (Å²) in [5.41, 5.74) is 5.80. The highest BCUT2D eigenvalue weighted by Gasteiger charge is 2.21. The maximum Gasteiger partial charge on any atom is 0.310 e. The first kappa shape index (κ1) is 17.6. The molecule has 2 aromatic heterocycles. The van der Waals surface area contributed by atoms with E-state index in [4.69, 9.17) is 4.74 Å². The highest BCUT2D eigenvalue weighted by molar-refractivity contribution is 5.77. The number of rotatable bonds is 4. The highest BCUT2D eigenvalue weighted by atomic mass is 16.5. The molecule has 0 N–H and O–H groups in total. The van der Waals surface area contributed by atoms with Crippen LogP contribution in [0.3, 0.4) is 0 Å². The zero-order valence-corrected chi connectivity index (χ0v) is 15.3. The van der Waals surface area contributed by atoms with Gasteiger partial charge in [0.05, 0.1) is 13.0 Å². The molecule has 2 heterocycles. The van der Waals surface area contributed by atoms with Crippen LogP contribution in [0.4, 0.5) is 0 Å². The van der Waals surface area contributed by atoms with E-state index in [9.17, 15) is 10.1 Å². The fourth-order valence-corrected chi connectivity index (χ4v) is 2.99. The lowest BCUT2D eigenvalue weighted by Gasteiger charge is -2.10. The Labute approximate surface area is 152 Å². The average molecular weight is 348 g/mol. The number of nitriles is 1. The minimum Gasteiger partial charge on any atom is -0.466 e. The molecule has 3 rings (SSSR count). The van der Waals surface area contributed by atoms with Crippen LogP contribution in [-0.4, -0.2) is 27.2 Å². The van der Waals surface area contributed by atoms with Gasteiger partial charge in [0, 0.05) is 22.5 Å². The second-order valence-corrected chi connectivity index (χ2v) is 6.18. The molecule has 0 aliphatic heterocycles. The van der Waals surface area contributed by atoms with Crippen LogP contribution in [-0.2, 0) is 16.0 Å². The van der Waals surface area contributed by atoms with E-state index in [-0.39, 0.29) is 12.4 Å². The molecule has 0 unspecified atom stereocenters. The SMILES string of the molecule is CCOC(=O)Cc1c(C)nc2c(C#N)c(-c3ccc(C)cc3)nn2c1C. The molecule has 0 radical (unpaired) electrons. The lowest BCUT2D eigenvalue weighted by molar-refractivity contribution is -0.142. The smallest absolute Gasteiger partial charge is 0.310 e. The van der Waals surface area contributed by atoms with E-state index in [1.807, 2.05) is 45.0 Å². The van der Waals surface area contributed by atoms with Crippen LogP contribution in [0.1, 0.15) is 35.0 Å². The molecule has 1 aromatic carbocycles. The maximum atomic E-state index is 11.9. The second-order valence-electron chi connectivity index (χ2n) is 6.18. The molecule has 0 fully saturated rings. The summed E-state index contributed by atoms with van der Waals surface area (Å²) < 4.78 is 6.70. The van der Waals surface area contributed by atoms with E-state index in [1.54, 1.807) is 11.4 Å². The molecule has 0 aliphatic rings. The topological polar surface area (TPSA) is 80.3 Å². The Balaban J connectivity index is 2.19. The number of esters is 1. The molecule has 132 valence electrons. The Morgan fingerprint density at radius 3 is 2.54 bits per heavy atom. The summed E-state index contributed by atoms with van der Waals surface area (Å²) in [7, 11) is 0. The van der Waals surface area contributed by atoms with Crippen molar-refractivity contribution >= 4 is 11.6 Å². The largest absolute Gasteiger partial charge is 0.466 e. The normalized spacial score (nSPS) is 10.7. The van der Waals surface area contributed by atoms with Crippen molar-refractivity contribution in [2.75, 3.05) is 6.61 Å². The van der Waals surface area contributed by atoms with Crippen molar-refractivity contribution in [2.45, 2.75) is 34.1 Å². The van der Waals surface area contributed by atoms with Crippen molar-refractivity contribution < 1.29 is 9.53 Å². The minimum atomic E-state index is -0.300. The van der Waals surface area contributed by atoms with Gasteiger partial charge < -0.3 is 4.74 Å². The van der Waals surface area contributed by atoms with Crippen molar-refractivity contribution in [1.29, 1.82) is 5.26 Å². The molecule has 26 heavy (non-hydrogen) atoms. The fraction of sp³-hybridized carbons (Fsp3) is 0.300. The third-order valence-corrected chi connectivity index (χ3v) is 4.39. The molecule has 6 heteroatoms. The Morgan fingerprint density at radius 2 is 1.92 bits per heavy atom. The molecular formula is C20H20N4O2. The molecule has 3 aromatic rings. The number of hydrogen-bond acceptors (Lipinski definition) is 5. The Morgan fingerprint density at radius 1 is 1.23 bits per heavy atom. The summed E-state index contributed by atoms with van der Waals surface area (Å²) in [5.74, 6) is -0.300. The highest BCUT2D eigenvalue weighted by Crippen LogP contribution is 2.27. The number of benzene rings is 1. The van der Waals surface area contributed by atoms with Crippen LogP contribution in [0.5, 0.6) is 0 Å². The first-order chi connectivity index (χ1) is 12.5. The van der Waals surface area contributed by atoms with Crippen LogP contribution in [0.25, 0.3) is 16.9 Å². The molecule has 0 aliphatic carbocycles. The van der Waals surface area contributed by atoms with Gasteiger partial charge in [0.15, 0.2) is 5.65 Å². The fourth-order valence-electron chi connectivity index (χ4n) is 2.99. The zero-order valence-electron chi connectivity index (χ0n) is 15.3. The summed E-state index contributed by atoms with van der Waals surface area (Å²) in [6, 6.07) is 10.1. The van der Waals surface area contributed by atoms with Crippen LogP contribution < -0.4 is 0 Å². The predicted octanol–water partition coefficient (Wildman–Crippen LogP) is 3.30. The standard InChI is InChI=1S/C20H20N4O2/c1-5-26-18(25)10-16-13(3)22-20-17(11-21)19(23-24(20)14(16)4)15-8-6-12(2)7-9-15/h6-9H,5,10H2,1-4H3. The third-order valence-electron chi connectivity index (χ3n) is 4.39. The van der Waals surface area contributed by atoms with Gasteiger partial charge in [-0.1, -0.05) is 29.8 Å². The van der Waals surface area contributed by atoms with Gasteiger partial charge in [0.2, 0.25) is 0 Å². The number of carbonyl (C=O) groups is 1. The average Bonchev–Trinajstić information content (AvgIpc) is 2.98. The van der Waals surface area contributed by atoms with Crippen LogP contribution in [0.2, 0.25) is 0 Å². The van der Waals surface area contributed by atoms with Gasteiger partial charge in [-0.3, -0.25) is 4.79 Å². The molecule has 6 nitrogen and oxygen atoms in total. The number of aromatic nitrogens is 3. The first-order valence-corrected chi connectivity index (χ1v) is 8.47. The van der Waals surface area contributed by atoms with Gasteiger partial charge in [-0.2, -0.15) is 10.4 Å². The summed E-state index contributed by atoms with van der Waals surface area (Å²) >= 11 is 0. The van der Waals surface area contributed by atoms with Crippen LogP contribution in [0.15, 0.2) is 24.3 Å². The molecule has 0 spiro atoms. The van der Waals surface area contributed by atoms with Crippen molar-refractivity contribution in [3.63, 3.8) is 0 Å². The van der Waals surface area contributed by atoms with Gasteiger partial charge >= 0.3 is 5.97 Å². The third kappa shape index (κ3) is 3.04. The van der Waals surface area contributed by atoms with Gasteiger partial charge in [-0.25, -0.2) is 9.50 Å². The van der Waals surface area contributed by atoms with Gasteiger partial charge in [-0.15, -0.1) is 0 Å². The lowest BCUT2D eigenvalue weighted by Crippen LogP contribution is -2.13. The molecule has 0 atom stereocenters. The van der Waals surface area contributed by atoms with E-state index >= 15 is 0 Å². The maximum absolute atomic E-state index is 11.9. The summed E-state index contributed by atoms with van der Waals surface area (Å²) in [4.78, 5) is 16.5. The Bertz CT molecular complexity index is 1030. The molecule has 0 saturated heterocycles. The van der Waals surface area contributed by atoms with Crippen LogP contribution in [0, 0.1) is 32.1 Å². The van der Waals surface area contributed by atoms with Crippen molar-refractivity contribution in [2.24, 2.45) is 0 Å². The Kier molecular flexibility index (Phi) is 4.72. The molecule has 0 saturated carbocycles. The molecular weight excluding hydrogens is 328 g/mol. The predicted molar refractivity (Wildman–Crippen MR) is 97.7 cm³/mol. The molecule has 0 amide bonds. The lowest BCUT2D eigenvalue weighted by atomic mass is 10.1. The number of fused-ring (bicyclic) bond motifs is 1.